The van der Waals surface area contributed by atoms with Crippen LogP contribution in [0.5, 0.6) is 5.75 Å². The van der Waals surface area contributed by atoms with E-state index in [1.807, 2.05) is 18.2 Å². The van der Waals surface area contributed by atoms with E-state index in [0.717, 1.165) is 30.0 Å². The molecule has 23 heavy (non-hydrogen) atoms. The van der Waals surface area contributed by atoms with E-state index in [2.05, 4.69) is 23.5 Å². The van der Waals surface area contributed by atoms with Crippen molar-refractivity contribution in [3.63, 3.8) is 0 Å². The van der Waals surface area contributed by atoms with Gasteiger partial charge in [0.25, 0.3) is 0 Å². The molecule has 1 atom stereocenters. The van der Waals surface area contributed by atoms with Crippen molar-refractivity contribution >= 4 is 15.4 Å². The maximum absolute atomic E-state index is 13.0. The standard InChI is InChI=1S/C17H28N2O3S/c1-13(2)12-18-16-6-5-15(11-17(16)21-3)23(4,20)19-14-7-9-22-10-8-14/h5-6,11,13-14,18H,7-10,12H2,1-4H3/t23-/m1/s1. The minimum absolute atomic E-state index is 0.117. The lowest BCUT2D eigenvalue weighted by molar-refractivity contribution is 0.0874. The van der Waals surface area contributed by atoms with Gasteiger partial charge in [0, 0.05) is 26.0 Å². The number of nitrogens with one attached hydrogen (secondary N) is 1. The van der Waals surface area contributed by atoms with E-state index < -0.39 is 9.73 Å². The van der Waals surface area contributed by atoms with E-state index in [9.17, 15) is 4.21 Å². The van der Waals surface area contributed by atoms with Gasteiger partial charge in [-0.1, -0.05) is 13.8 Å². The highest BCUT2D eigenvalue weighted by Gasteiger charge is 2.17. The summed E-state index contributed by atoms with van der Waals surface area (Å²) in [5.74, 6) is 1.25. The Morgan fingerprint density at radius 1 is 1.39 bits per heavy atom. The van der Waals surface area contributed by atoms with Gasteiger partial charge in [-0.3, -0.25) is 0 Å². The molecule has 0 bridgehead atoms. The summed E-state index contributed by atoms with van der Waals surface area (Å²) in [6, 6.07) is 5.77. The molecule has 1 saturated heterocycles. The van der Waals surface area contributed by atoms with Crippen molar-refractivity contribution in [2.45, 2.75) is 37.6 Å². The SMILES string of the molecule is COc1cc([S@@](C)(=O)=NC2CCOCC2)ccc1NCC(C)C. The van der Waals surface area contributed by atoms with Gasteiger partial charge in [0.05, 0.1) is 33.5 Å². The molecule has 0 saturated carbocycles. The summed E-state index contributed by atoms with van der Waals surface area (Å²) in [5.41, 5.74) is 0.922. The second-order valence-electron chi connectivity index (χ2n) is 6.39. The highest BCUT2D eigenvalue weighted by molar-refractivity contribution is 7.93. The smallest absolute Gasteiger partial charge is 0.143 e. The number of methoxy groups -OCH3 is 1. The monoisotopic (exact) mass is 340 g/mol. The number of rotatable bonds is 6. The quantitative estimate of drug-likeness (QED) is 0.862. The molecule has 1 heterocycles. The number of ether oxygens (including phenoxy) is 2. The molecule has 0 aliphatic carbocycles. The molecule has 5 nitrogen and oxygen atoms in total. The van der Waals surface area contributed by atoms with Crippen LogP contribution in [0.1, 0.15) is 26.7 Å². The van der Waals surface area contributed by atoms with Gasteiger partial charge < -0.3 is 14.8 Å². The molecule has 1 aromatic carbocycles. The zero-order valence-corrected chi connectivity index (χ0v) is 15.3. The van der Waals surface area contributed by atoms with Crippen molar-refractivity contribution in [3.05, 3.63) is 18.2 Å². The second kappa shape index (κ2) is 8.02. The average Bonchev–Trinajstić information content (AvgIpc) is 2.53. The van der Waals surface area contributed by atoms with Crippen LogP contribution in [-0.4, -0.2) is 43.4 Å². The Bertz CT molecular complexity index is 631. The first-order chi connectivity index (χ1) is 10.9. The van der Waals surface area contributed by atoms with Gasteiger partial charge in [-0.25, -0.2) is 8.57 Å². The summed E-state index contributed by atoms with van der Waals surface area (Å²) in [7, 11) is -0.797. The van der Waals surface area contributed by atoms with Gasteiger partial charge in [-0.2, -0.15) is 0 Å². The number of anilines is 1. The number of nitrogens with zero attached hydrogens (tertiary/aromatic N) is 1. The third-order valence-electron chi connectivity index (χ3n) is 3.85. The largest absolute Gasteiger partial charge is 0.495 e. The summed E-state index contributed by atoms with van der Waals surface area (Å²) >= 11 is 0. The van der Waals surface area contributed by atoms with E-state index in [0.29, 0.717) is 24.9 Å². The third kappa shape index (κ3) is 5.11. The lowest BCUT2D eigenvalue weighted by Crippen LogP contribution is -2.20. The van der Waals surface area contributed by atoms with Crippen LogP contribution in [0.4, 0.5) is 5.69 Å². The molecule has 130 valence electrons. The summed E-state index contributed by atoms with van der Waals surface area (Å²) in [6.07, 6.45) is 3.39. The Labute approximate surface area is 139 Å². The summed E-state index contributed by atoms with van der Waals surface area (Å²) in [5, 5.41) is 3.36. The normalized spacial score (nSPS) is 18.5. The van der Waals surface area contributed by atoms with Crippen LogP contribution in [0.2, 0.25) is 0 Å². The van der Waals surface area contributed by atoms with Gasteiger partial charge in [0.2, 0.25) is 0 Å². The molecule has 2 rings (SSSR count). The lowest BCUT2D eigenvalue weighted by Gasteiger charge is -2.20. The van der Waals surface area contributed by atoms with E-state index in [-0.39, 0.29) is 6.04 Å². The van der Waals surface area contributed by atoms with Crippen LogP contribution < -0.4 is 10.1 Å². The molecule has 0 aromatic heterocycles. The van der Waals surface area contributed by atoms with Crippen LogP contribution >= 0.6 is 0 Å². The molecular weight excluding hydrogens is 312 g/mol. The Balaban J connectivity index is 2.24. The first kappa shape index (κ1) is 18.1. The molecule has 1 fully saturated rings. The minimum Gasteiger partial charge on any atom is -0.495 e. The van der Waals surface area contributed by atoms with Crippen molar-refractivity contribution < 1.29 is 13.7 Å². The van der Waals surface area contributed by atoms with E-state index in [1.165, 1.54) is 0 Å². The number of hydrogen-bond donors (Lipinski definition) is 1. The molecule has 1 N–H and O–H groups in total. The third-order valence-corrected chi connectivity index (χ3v) is 5.68. The maximum atomic E-state index is 13.0. The number of benzene rings is 1. The molecule has 0 spiro atoms. The van der Waals surface area contributed by atoms with Crippen LogP contribution in [0.3, 0.4) is 0 Å². The fourth-order valence-corrected chi connectivity index (χ4v) is 4.05. The van der Waals surface area contributed by atoms with Crippen molar-refractivity contribution in [3.8, 4) is 5.75 Å². The zero-order chi connectivity index (χ0) is 16.9. The Morgan fingerprint density at radius 2 is 2.09 bits per heavy atom. The Hall–Kier alpha value is -1.27. The Morgan fingerprint density at radius 3 is 2.70 bits per heavy atom. The first-order valence-electron chi connectivity index (χ1n) is 8.13. The van der Waals surface area contributed by atoms with Gasteiger partial charge >= 0.3 is 0 Å². The predicted molar refractivity (Wildman–Crippen MR) is 94.9 cm³/mol. The molecule has 6 heteroatoms. The van der Waals surface area contributed by atoms with Gasteiger partial charge in [-0.15, -0.1) is 0 Å². The van der Waals surface area contributed by atoms with Gasteiger partial charge in [0.15, 0.2) is 0 Å². The predicted octanol–water partition coefficient (Wildman–Crippen LogP) is 3.40. The van der Waals surface area contributed by atoms with Crippen LogP contribution in [0.25, 0.3) is 0 Å². The van der Waals surface area contributed by atoms with Gasteiger partial charge in [0.1, 0.15) is 5.75 Å². The number of hydrogen-bond acceptors (Lipinski definition) is 5. The maximum Gasteiger partial charge on any atom is 0.143 e. The molecule has 1 aromatic rings. The first-order valence-corrected chi connectivity index (χ1v) is 10.1. The highest BCUT2D eigenvalue weighted by Crippen LogP contribution is 2.29. The molecule has 0 unspecified atom stereocenters. The fraction of sp³-hybridized carbons (Fsp3) is 0.647. The van der Waals surface area contributed by atoms with Crippen molar-refractivity contribution in [1.82, 2.24) is 0 Å². The highest BCUT2D eigenvalue weighted by atomic mass is 32.2. The molecule has 0 radical (unpaired) electrons. The second-order valence-corrected chi connectivity index (χ2v) is 8.68. The summed E-state index contributed by atoms with van der Waals surface area (Å²) in [4.78, 5) is 0.718. The molecule has 1 aliphatic heterocycles. The molecular formula is C17H28N2O3S. The molecule has 1 aliphatic rings. The van der Waals surface area contributed by atoms with Crippen LogP contribution in [0.15, 0.2) is 27.5 Å². The molecule has 0 amide bonds. The van der Waals surface area contributed by atoms with Crippen molar-refractivity contribution in [1.29, 1.82) is 0 Å². The van der Waals surface area contributed by atoms with E-state index in [1.54, 1.807) is 13.4 Å². The summed E-state index contributed by atoms with van der Waals surface area (Å²) in [6.45, 7) is 6.57. The topological polar surface area (TPSA) is 59.9 Å². The fourth-order valence-electron chi connectivity index (χ4n) is 2.50. The minimum atomic E-state index is -2.43. The average molecular weight is 340 g/mol. The van der Waals surface area contributed by atoms with Crippen LogP contribution in [-0.2, 0) is 14.5 Å². The van der Waals surface area contributed by atoms with E-state index >= 15 is 0 Å². The van der Waals surface area contributed by atoms with Crippen LogP contribution in [0, 0.1) is 5.92 Å². The van der Waals surface area contributed by atoms with Gasteiger partial charge in [-0.05, 0) is 37.0 Å². The van der Waals surface area contributed by atoms with E-state index in [4.69, 9.17) is 9.47 Å². The van der Waals surface area contributed by atoms with Crippen molar-refractivity contribution in [2.75, 3.05) is 38.4 Å². The Kier molecular flexibility index (Phi) is 6.30. The zero-order valence-electron chi connectivity index (χ0n) is 14.5. The van der Waals surface area contributed by atoms with Crippen molar-refractivity contribution in [2.24, 2.45) is 10.3 Å². The summed E-state index contributed by atoms with van der Waals surface area (Å²) < 4.78 is 28.4. The lowest BCUT2D eigenvalue weighted by atomic mass is 10.1.